The fourth-order valence-corrected chi connectivity index (χ4v) is 0.724. The molecule has 0 aromatic heterocycles. The monoisotopic (exact) mass is 185 g/mol. The Bertz CT molecular complexity index is 234. The molecule has 3 N–H and O–H groups in total. The highest BCUT2D eigenvalue weighted by Crippen LogP contribution is 1.88. The van der Waals surface area contributed by atoms with E-state index >= 15 is 0 Å². The Hall–Kier alpha value is -1.36. The molecule has 0 spiro atoms. The van der Waals surface area contributed by atoms with Crippen LogP contribution in [-0.2, 0) is 9.59 Å². The van der Waals surface area contributed by atoms with Crippen molar-refractivity contribution in [2.45, 2.75) is 6.92 Å². The lowest BCUT2D eigenvalue weighted by Crippen LogP contribution is -2.34. The number of carbonyl (C=O) groups excluding carboxylic acids is 2. The van der Waals surface area contributed by atoms with Crippen LogP contribution in [0.5, 0.6) is 0 Å². The molecule has 13 heavy (non-hydrogen) atoms. The SMILES string of the molecule is CC(=O)/C(=C/N)NC(=O)CN(C)C. The minimum absolute atomic E-state index is 0.131. The first-order valence-electron chi connectivity index (χ1n) is 3.84. The summed E-state index contributed by atoms with van der Waals surface area (Å²) in [7, 11) is 3.53. The lowest BCUT2D eigenvalue weighted by atomic mass is 10.3. The van der Waals surface area contributed by atoms with Gasteiger partial charge in [-0.1, -0.05) is 0 Å². The maximum absolute atomic E-state index is 11.1. The van der Waals surface area contributed by atoms with E-state index in [1.54, 1.807) is 19.0 Å². The van der Waals surface area contributed by atoms with Crippen molar-refractivity contribution >= 4 is 11.7 Å². The van der Waals surface area contributed by atoms with Crippen LogP contribution in [0, 0.1) is 0 Å². The number of nitrogens with two attached hydrogens (primary N) is 1. The van der Waals surface area contributed by atoms with Gasteiger partial charge in [0.15, 0.2) is 5.78 Å². The molecule has 0 aromatic rings. The Labute approximate surface area is 77.6 Å². The maximum atomic E-state index is 11.1. The van der Waals surface area contributed by atoms with Crippen LogP contribution in [0.1, 0.15) is 6.92 Å². The zero-order valence-electron chi connectivity index (χ0n) is 8.13. The number of hydrogen-bond acceptors (Lipinski definition) is 4. The van der Waals surface area contributed by atoms with Crippen molar-refractivity contribution in [3.63, 3.8) is 0 Å². The van der Waals surface area contributed by atoms with Crippen LogP contribution in [0.2, 0.25) is 0 Å². The van der Waals surface area contributed by atoms with Crippen LogP contribution in [-0.4, -0.2) is 37.2 Å². The van der Waals surface area contributed by atoms with Gasteiger partial charge in [0.05, 0.1) is 12.2 Å². The molecule has 0 aliphatic heterocycles. The highest BCUT2D eigenvalue weighted by atomic mass is 16.2. The minimum Gasteiger partial charge on any atom is -0.403 e. The Morgan fingerprint density at radius 1 is 1.46 bits per heavy atom. The van der Waals surface area contributed by atoms with Gasteiger partial charge in [-0.2, -0.15) is 0 Å². The smallest absolute Gasteiger partial charge is 0.238 e. The number of carbonyl (C=O) groups is 2. The summed E-state index contributed by atoms with van der Waals surface area (Å²) in [4.78, 5) is 23.6. The van der Waals surface area contributed by atoms with Crippen molar-refractivity contribution < 1.29 is 9.59 Å². The summed E-state index contributed by atoms with van der Waals surface area (Å²) < 4.78 is 0. The summed E-state index contributed by atoms with van der Waals surface area (Å²) in [6.45, 7) is 1.57. The lowest BCUT2D eigenvalue weighted by Gasteiger charge is -2.10. The van der Waals surface area contributed by atoms with Gasteiger partial charge >= 0.3 is 0 Å². The lowest BCUT2D eigenvalue weighted by molar-refractivity contribution is -0.123. The van der Waals surface area contributed by atoms with Crippen LogP contribution >= 0.6 is 0 Å². The summed E-state index contributed by atoms with van der Waals surface area (Å²) in [6, 6.07) is 0. The summed E-state index contributed by atoms with van der Waals surface area (Å²) in [5.41, 5.74) is 5.27. The van der Waals surface area contributed by atoms with E-state index in [4.69, 9.17) is 5.73 Å². The van der Waals surface area contributed by atoms with Crippen molar-refractivity contribution in [3.05, 3.63) is 11.9 Å². The number of likely N-dealkylation sites (N-methyl/N-ethyl adjacent to an activating group) is 1. The van der Waals surface area contributed by atoms with Gasteiger partial charge in [-0.15, -0.1) is 0 Å². The van der Waals surface area contributed by atoms with Gasteiger partial charge in [-0.3, -0.25) is 9.59 Å². The van der Waals surface area contributed by atoms with E-state index in [1.807, 2.05) is 0 Å². The normalized spacial score (nSPS) is 11.5. The Morgan fingerprint density at radius 3 is 2.31 bits per heavy atom. The summed E-state index contributed by atoms with van der Waals surface area (Å²) in [5, 5.41) is 2.40. The van der Waals surface area contributed by atoms with Gasteiger partial charge in [-0.25, -0.2) is 0 Å². The predicted octanol–water partition coefficient (Wildman–Crippen LogP) is -0.947. The molecule has 0 unspecified atom stereocenters. The van der Waals surface area contributed by atoms with E-state index in [-0.39, 0.29) is 23.9 Å². The second-order valence-electron chi connectivity index (χ2n) is 2.92. The van der Waals surface area contributed by atoms with Crippen molar-refractivity contribution in [1.82, 2.24) is 10.2 Å². The van der Waals surface area contributed by atoms with Crippen LogP contribution in [0.3, 0.4) is 0 Å². The fraction of sp³-hybridized carbons (Fsp3) is 0.500. The molecule has 0 saturated heterocycles. The molecule has 0 fully saturated rings. The average molecular weight is 185 g/mol. The standard InChI is InChI=1S/C8H15N3O2/c1-6(12)7(4-9)10-8(13)5-11(2)3/h4H,5,9H2,1-3H3,(H,10,13)/b7-4-. The average Bonchev–Trinajstić information content (AvgIpc) is 1.98. The molecular weight excluding hydrogens is 170 g/mol. The number of hydrogen-bond donors (Lipinski definition) is 2. The van der Waals surface area contributed by atoms with Gasteiger partial charge in [0.25, 0.3) is 0 Å². The zero-order valence-corrected chi connectivity index (χ0v) is 8.13. The molecule has 0 rings (SSSR count). The molecule has 0 atom stereocenters. The molecule has 0 saturated carbocycles. The van der Waals surface area contributed by atoms with E-state index < -0.39 is 0 Å². The topological polar surface area (TPSA) is 75.4 Å². The first-order valence-corrected chi connectivity index (χ1v) is 3.84. The first kappa shape index (κ1) is 11.6. The first-order chi connectivity index (χ1) is 5.97. The van der Waals surface area contributed by atoms with E-state index in [0.717, 1.165) is 6.20 Å². The van der Waals surface area contributed by atoms with Crippen LogP contribution in [0.15, 0.2) is 11.9 Å². The van der Waals surface area contributed by atoms with Crippen molar-refractivity contribution in [3.8, 4) is 0 Å². The summed E-state index contributed by atoms with van der Waals surface area (Å²) in [5.74, 6) is -0.508. The molecule has 0 bridgehead atoms. The fourth-order valence-electron chi connectivity index (χ4n) is 0.724. The number of allylic oxidation sites excluding steroid dienone is 1. The van der Waals surface area contributed by atoms with E-state index in [9.17, 15) is 9.59 Å². The highest BCUT2D eigenvalue weighted by molar-refractivity contribution is 5.97. The van der Waals surface area contributed by atoms with Gasteiger partial charge < -0.3 is 16.0 Å². The van der Waals surface area contributed by atoms with Crippen LogP contribution in [0.4, 0.5) is 0 Å². The molecule has 1 amide bonds. The predicted molar refractivity (Wildman–Crippen MR) is 49.6 cm³/mol. The molecule has 5 heteroatoms. The zero-order chi connectivity index (χ0) is 10.4. The van der Waals surface area contributed by atoms with E-state index in [0.29, 0.717) is 0 Å². The number of ketones is 1. The number of rotatable bonds is 4. The number of nitrogens with one attached hydrogen (secondary N) is 1. The minimum atomic E-state index is -0.255. The van der Waals surface area contributed by atoms with Crippen LogP contribution < -0.4 is 11.1 Å². The Morgan fingerprint density at radius 2 is 2.00 bits per heavy atom. The molecule has 74 valence electrons. The van der Waals surface area contributed by atoms with E-state index in [2.05, 4.69) is 5.32 Å². The molecule has 0 aliphatic carbocycles. The third kappa shape index (κ3) is 4.97. The molecule has 0 heterocycles. The molecule has 5 nitrogen and oxygen atoms in total. The van der Waals surface area contributed by atoms with Gasteiger partial charge in [0, 0.05) is 13.1 Å². The number of Topliss-reactive ketones (excluding diaryl/α,β-unsaturated/α-hetero) is 1. The maximum Gasteiger partial charge on any atom is 0.238 e. The third-order valence-electron chi connectivity index (χ3n) is 1.28. The Kier molecular flexibility index (Phi) is 4.76. The molecule has 0 aliphatic rings. The summed E-state index contributed by atoms with van der Waals surface area (Å²) >= 11 is 0. The summed E-state index contributed by atoms with van der Waals surface area (Å²) in [6.07, 6.45) is 1.09. The molecule has 0 radical (unpaired) electrons. The van der Waals surface area contributed by atoms with Crippen molar-refractivity contribution in [2.24, 2.45) is 5.73 Å². The number of nitrogens with zero attached hydrogens (tertiary/aromatic N) is 1. The van der Waals surface area contributed by atoms with Crippen molar-refractivity contribution in [2.75, 3.05) is 20.6 Å². The molecule has 0 aromatic carbocycles. The van der Waals surface area contributed by atoms with E-state index in [1.165, 1.54) is 6.92 Å². The van der Waals surface area contributed by atoms with Gasteiger partial charge in [0.1, 0.15) is 0 Å². The second-order valence-corrected chi connectivity index (χ2v) is 2.92. The van der Waals surface area contributed by atoms with Crippen LogP contribution in [0.25, 0.3) is 0 Å². The van der Waals surface area contributed by atoms with Crippen molar-refractivity contribution in [1.29, 1.82) is 0 Å². The van der Waals surface area contributed by atoms with Gasteiger partial charge in [0.2, 0.25) is 5.91 Å². The van der Waals surface area contributed by atoms with Gasteiger partial charge in [-0.05, 0) is 14.1 Å². The third-order valence-corrected chi connectivity index (χ3v) is 1.28. The second kappa shape index (κ2) is 5.31. The molecular formula is C8H15N3O2. The quantitative estimate of drug-likeness (QED) is 0.554. The largest absolute Gasteiger partial charge is 0.403 e. The highest BCUT2D eigenvalue weighted by Gasteiger charge is 2.08. The number of amides is 1. The Balaban J connectivity index is 4.11.